The second-order valence-electron chi connectivity index (χ2n) is 8.42. The summed E-state index contributed by atoms with van der Waals surface area (Å²) in [5, 5.41) is 0. The molecule has 0 unspecified atom stereocenters. The highest BCUT2D eigenvalue weighted by Gasteiger charge is 2.20. The van der Waals surface area contributed by atoms with Crippen LogP contribution in [0.1, 0.15) is 21.5 Å². The molecule has 3 aromatic carbocycles. The van der Waals surface area contributed by atoms with Crippen molar-refractivity contribution in [2.45, 2.75) is 6.92 Å². The zero-order valence-electron chi connectivity index (χ0n) is 19.3. The van der Waals surface area contributed by atoms with Crippen LogP contribution in [0.5, 0.6) is 5.75 Å². The SMILES string of the molecule is COc1ccc(C=CC(=O)c2cc(-c3ccccc3C)ccc2N2CCN(C)CC2)c(F)c1. The maximum Gasteiger partial charge on any atom is 0.187 e. The Balaban J connectivity index is 1.71. The van der Waals surface area contributed by atoms with Gasteiger partial charge in [0.1, 0.15) is 11.6 Å². The number of anilines is 1. The summed E-state index contributed by atoms with van der Waals surface area (Å²) in [5.74, 6) is -0.125. The Bertz CT molecular complexity index is 1180. The average Bonchev–Trinajstić information content (AvgIpc) is 2.83. The van der Waals surface area contributed by atoms with Gasteiger partial charge in [0.05, 0.1) is 7.11 Å². The van der Waals surface area contributed by atoms with Gasteiger partial charge in [-0.2, -0.15) is 0 Å². The van der Waals surface area contributed by atoms with E-state index in [4.69, 9.17) is 4.74 Å². The lowest BCUT2D eigenvalue weighted by atomic mass is 9.95. The van der Waals surface area contributed by atoms with Crippen molar-refractivity contribution >= 4 is 17.5 Å². The molecule has 1 fully saturated rings. The third-order valence-electron chi connectivity index (χ3n) is 6.18. The van der Waals surface area contributed by atoms with E-state index in [1.165, 1.54) is 25.3 Å². The smallest absolute Gasteiger partial charge is 0.187 e. The van der Waals surface area contributed by atoms with Crippen LogP contribution < -0.4 is 9.64 Å². The Labute approximate surface area is 194 Å². The normalized spacial score (nSPS) is 14.6. The average molecular weight is 445 g/mol. The number of rotatable bonds is 6. The first-order valence-electron chi connectivity index (χ1n) is 11.2. The first kappa shape index (κ1) is 22.7. The number of ether oxygens (including phenoxy) is 1. The van der Waals surface area contributed by atoms with Crippen molar-refractivity contribution in [2.75, 3.05) is 45.2 Å². The van der Waals surface area contributed by atoms with Gasteiger partial charge in [0, 0.05) is 49.1 Å². The molecule has 1 heterocycles. The number of piperazine rings is 1. The standard InChI is InChI=1S/C28H29FN2O2/c1-20-6-4-5-7-24(20)22-9-12-27(31-16-14-30(2)15-17-31)25(18-22)28(32)13-10-21-8-11-23(33-3)19-26(21)29/h4-13,18-19H,14-17H2,1-3H3. The Morgan fingerprint density at radius 3 is 2.45 bits per heavy atom. The predicted octanol–water partition coefficient (Wildman–Crippen LogP) is 5.46. The van der Waals surface area contributed by atoms with Crippen molar-refractivity contribution in [3.05, 3.63) is 89.2 Å². The fraction of sp³-hybridized carbons (Fsp3) is 0.250. The van der Waals surface area contributed by atoms with Crippen LogP contribution in [0, 0.1) is 12.7 Å². The highest BCUT2D eigenvalue weighted by atomic mass is 19.1. The summed E-state index contributed by atoms with van der Waals surface area (Å²) in [5.41, 5.74) is 5.15. The number of allylic oxidation sites excluding steroid dienone is 1. The van der Waals surface area contributed by atoms with Gasteiger partial charge >= 0.3 is 0 Å². The Hall–Kier alpha value is -3.44. The molecular weight excluding hydrogens is 415 g/mol. The van der Waals surface area contributed by atoms with Crippen LogP contribution in [-0.2, 0) is 0 Å². The zero-order valence-corrected chi connectivity index (χ0v) is 19.3. The molecule has 4 nitrogen and oxygen atoms in total. The molecule has 4 rings (SSSR count). The van der Waals surface area contributed by atoms with Crippen molar-refractivity contribution < 1.29 is 13.9 Å². The van der Waals surface area contributed by atoms with Crippen molar-refractivity contribution in [2.24, 2.45) is 0 Å². The molecule has 1 aliphatic heterocycles. The molecule has 0 spiro atoms. The molecule has 0 aromatic heterocycles. The molecule has 3 aromatic rings. The molecule has 0 amide bonds. The molecule has 5 heteroatoms. The van der Waals surface area contributed by atoms with Crippen LogP contribution in [0.4, 0.5) is 10.1 Å². The van der Waals surface area contributed by atoms with Gasteiger partial charge in [0.2, 0.25) is 0 Å². The Morgan fingerprint density at radius 2 is 1.76 bits per heavy atom. The van der Waals surface area contributed by atoms with Gasteiger partial charge in [-0.3, -0.25) is 4.79 Å². The van der Waals surface area contributed by atoms with Gasteiger partial charge in [-0.1, -0.05) is 30.3 Å². The Kier molecular flexibility index (Phi) is 6.90. The molecule has 0 atom stereocenters. The van der Waals surface area contributed by atoms with Gasteiger partial charge in [-0.15, -0.1) is 0 Å². The Morgan fingerprint density at radius 1 is 1.00 bits per heavy atom. The highest BCUT2D eigenvalue weighted by molar-refractivity contribution is 6.11. The molecule has 1 saturated heterocycles. The third-order valence-corrected chi connectivity index (χ3v) is 6.18. The van der Waals surface area contributed by atoms with Crippen molar-refractivity contribution in [3.8, 4) is 16.9 Å². The first-order valence-corrected chi connectivity index (χ1v) is 11.2. The fourth-order valence-electron chi connectivity index (χ4n) is 4.15. The van der Waals surface area contributed by atoms with E-state index in [0.29, 0.717) is 16.9 Å². The van der Waals surface area contributed by atoms with Crippen LogP contribution in [0.25, 0.3) is 17.2 Å². The second-order valence-corrected chi connectivity index (χ2v) is 8.42. The topological polar surface area (TPSA) is 32.8 Å². The summed E-state index contributed by atoms with van der Waals surface area (Å²) in [6, 6.07) is 18.9. The monoisotopic (exact) mass is 444 g/mol. The van der Waals surface area contributed by atoms with Crippen LogP contribution in [0.2, 0.25) is 0 Å². The maximum absolute atomic E-state index is 14.4. The minimum Gasteiger partial charge on any atom is -0.497 e. The lowest BCUT2D eigenvalue weighted by Crippen LogP contribution is -2.45. The van der Waals surface area contributed by atoms with Gasteiger partial charge in [-0.05, 0) is 67.1 Å². The maximum atomic E-state index is 14.4. The zero-order chi connectivity index (χ0) is 23.4. The van der Waals surface area contributed by atoms with Crippen molar-refractivity contribution in [3.63, 3.8) is 0 Å². The number of ketones is 1. The van der Waals surface area contributed by atoms with Crippen LogP contribution in [0.3, 0.4) is 0 Å². The summed E-state index contributed by atoms with van der Waals surface area (Å²) in [4.78, 5) is 17.9. The quantitative estimate of drug-likeness (QED) is 0.374. The number of aryl methyl sites for hydroxylation is 1. The van der Waals surface area contributed by atoms with Gasteiger partial charge in [0.15, 0.2) is 5.78 Å². The van der Waals surface area contributed by atoms with Crippen molar-refractivity contribution in [1.29, 1.82) is 0 Å². The van der Waals surface area contributed by atoms with E-state index < -0.39 is 5.82 Å². The van der Waals surface area contributed by atoms with Gasteiger partial charge in [-0.25, -0.2) is 4.39 Å². The van der Waals surface area contributed by atoms with Crippen LogP contribution >= 0.6 is 0 Å². The number of halogens is 1. The van der Waals surface area contributed by atoms with Crippen molar-refractivity contribution in [1.82, 2.24) is 4.90 Å². The molecule has 0 N–H and O–H groups in total. The lowest BCUT2D eigenvalue weighted by molar-refractivity contribution is 0.104. The number of carbonyl (C=O) groups excluding carboxylic acids is 1. The van der Waals surface area contributed by atoms with Crippen LogP contribution in [-0.4, -0.2) is 51.0 Å². The van der Waals surface area contributed by atoms with E-state index in [1.807, 2.05) is 24.3 Å². The lowest BCUT2D eigenvalue weighted by Gasteiger charge is -2.35. The molecule has 1 aliphatic rings. The van der Waals surface area contributed by atoms with E-state index >= 15 is 0 Å². The summed E-state index contributed by atoms with van der Waals surface area (Å²) in [6.45, 7) is 5.67. The van der Waals surface area contributed by atoms with Crippen LogP contribution in [0.15, 0.2) is 66.7 Å². The number of methoxy groups -OCH3 is 1. The summed E-state index contributed by atoms with van der Waals surface area (Å²) in [6.07, 6.45) is 2.99. The molecule has 0 aliphatic carbocycles. The number of hydrogen-bond acceptors (Lipinski definition) is 4. The van der Waals surface area contributed by atoms with E-state index in [0.717, 1.165) is 48.6 Å². The molecule has 0 saturated carbocycles. The van der Waals surface area contributed by atoms with E-state index in [1.54, 1.807) is 12.1 Å². The number of carbonyl (C=O) groups is 1. The number of hydrogen-bond donors (Lipinski definition) is 0. The summed E-state index contributed by atoms with van der Waals surface area (Å²) < 4.78 is 19.4. The highest BCUT2D eigenvalue weighted by Crippen LogP contribution is 2.31. The molecule has 170 valence electrons. The molecule has 0 bridgehead atoms. The number of likely N-dealkylation sites (N-methyl/N-ethyl adjacent to an activating group) is 1. The molecule has 0 radical (unpaired) electrons. The second kappa shape index (κ2) is 10.0. The minimum atomic E-state index is -0.425. The number of benzene rings is 3. The summed E-state index contributed by atoms with van der Waals surface area (Å²) >= 11 is 0. The number of nitrogens with zero attached hydrogens (tertiary/aromatic N) is 2. The first-order chi connectivity index (χ1) is 16.0. The largest absolute Gasteiger partial charge is 0.497 e. The van der Waals surface area contributed by atoms with Gasteiger partial charge < -0.3 is 14.5 Å². The minimum absolute atomic E-state index is 0.144. The van der Waals surface area contributed by atoms with E-state index in [9.17, 15) is 9.18 Å². The third kappa shape index (κ3) is 5.15. The van der Waals surface area contributed by atoms with Gasteiger partial charge in [0.25, 0.3) is 0 Å². The predicted molar refractivity (Wildman–Crippen MR) is 133 cm³/mol. The van der Waals surface area contributed by atoms with E-state index in [2.05, 4.69) is 42.0 Å². The van der Waals surface area contributed by atoms with E-state index in [-0.39, 0.29) is 5.78 Å². The molecular formula is C28H29FN2O2. The summed E-state index contributed by atoms with van der Waals surface area (Å²) in [7, 11) is 3.60. The molecule has 33 heavy (non-hydrogen) atoms. The fourth-order valence-corrected chi connectivity index (χ4v) is 4.15.